The second-order valence-electron chi connectivity index (χ2n) is 6.03. The lowest BCUT2D eigenvalue weighted by molar-refractivity contribution is 0.206. The fourth-order valence-corrected chi connectivity index (χ4v) is 4.82. The molecule has 1 atom stereocenters. The molecule has 0 fully saturated rings. The number of aliphatic hydroxyl groups excluding tert-OH is 1. The van der Waals surface area contributed by atoms with Gasteiger partial charge in [0.2, 0.25) is 0 Å². The topological polar surface area (TPSA) is 100 Å². The molecule has 1 unspecified atom stereocenters. The molecule has 1 heterocycles. The van der Waals surface area contributed by atoms with Crippen LogP contribution in [0, 0.1) is 0 Å². The van der Waals surface area contributed by atoms with Gasteiger partial charge in [-0.3, -0.25) is 4.99 Å². The van der Waals surface area contributed by atoms with Crippen LogP contribution in [0.15, 0.2) is 57.0 Å². The molecule has 1 aromatic carbocycles. The number of nitrogens with zero attached hydrogens (tertiary/aromatic N) is 1. The molecular weight excluding hydrogens is 398 g/mol. The van der Waals surface area contributed by atoms with Gasteiger partial charge in [0.05, 0.1) is 25.0 Å². The van der Waals surface area contributed by atoms with Gasteiger partial charge in [-0.1, -0.05) is 24.3 Å². The molecule has 0 radical (unpaired) electrons. The molecule has 9 heteroatoms. The molecule has 0 aliphatic carbocycles. The second kappa shape index (κ2) is 11.7. The Morgan fingerprint density at radius 1 is 1.21 bits per heavy atom. The van der Waals surface area contributed by atoms with Crippen LogP contribution < -0.4 is 15.4 Å². The molecule has 154 valence electrons. The van der Waals surface area contributed by atoms with Crippen LogP contribution in [0.5, 0.6) is 5.75 Å². The number of para-hydroxylation sites is 1. The number of rotatable bonds is 11. The number of nitrogens with one attached hydrogen (secondary N) is 2. The quantitative estimate of drug-likeness (QED) is 0.289. The van der Waals surface area contributed by atoms with Gasteiger partial charge in [0.25, 0.3) is 0 Å². The van der Waals surface area contributed by atoms with E-state index in [-0.39, 0.29) is 16.5 Å². The van der Waals surface area contributed by atoms with E-state index in [1.165, 1.54) is 0 Å². The van der Waals surface area contributed by atoms with Gasteiger partial charge in [0.15, 0.2) is 15.8 Å². The van der Waals surface area contributed by atoms with Crippen molar-refractivity contribution in [3.63, 3.8) is 0 Å². The van der Waals surface area contributed by atoms with Crippen LogP contribution in [0.25, 0.3) is 0 Å². The first-order valence-corrected chi connectivity index (χ1v) is 11.7. The minimum atomic E-state index is -3.49. The average Bonchev–Trinajstić information content (AvgIpc) is 3.22. The van der Waals surface area contributed by atoms with Crippen LogP contribution in [0.4, 0.5) is 0 Å². The highest BCUT2D eigenvalue weighted by Crippen LogP contribution is 2.18. The first-order chi connectivity index (χ1) is 13.5. The summed E-state index contributed by atoms with van der Waals surface area (Å²) in [4.78, 5) is 4.28. The van der Waals surface area contributed by atoms with E-state index in [0.29, 0.717) is 25.7 Å². The van der Waals surface area contributed by atoms with Gasteiger partial charge in [-0.15, -0.1) is 11.3 Å². The Morgan fingerprint density at radius 2 is 2.00 bits per heavy atom. The number of thiophene rings is 1. The number of aliphatic imine (C=N–C) groups is 1. The number of benzene rings is 1. The monoisotopic (exact) mass is 425 g/mol. The van der Waals surface area contributed by atoms with Crippen LogP contribution in [-0.2, 0) is 9.84 Å². The molecule has 7 nitrogen and oxygen atoms in total. The van der Waals surface area contributed by atoms with Gasteiger partial charge >= 0.3 is 0 Å². The molecule has 0 aliphatic heterocycles. The standard InChI is InChI=1S/C19H27N3O4S2/c1-2-20-19(21-11-7-12-26-17-8-4-3-5-9-17)22-14-16(23)15-28(24,25)18-10-6-13-27-18/h3-6,8-10,13,16,23H,2,7,11-12,14-15H2,1H3,(H2,20,21,22). The SMILES string of the molecule is CCNC(=NCC(O)CS(=O)(=O)c1cccs1)NCCCOc1ccccc1. The summed E-state index contributed by atoms with van der Waals surface area (Å²) in [6.07, 6.45) is -0.293. The maximum Gasteiger partial charge on any atom is 0.191 e. The predicted molar refractivity (Wildman–Crippen MR) is 113 cm³/mol. The number of ether oxygens (including phenoxy) is 1. The maximum atomic E-state index is 12.2. The fraction of sp³-hybridized carbons (Fsp3) is 0.421. The molecule has 0 aliphatic rings. The van der Waals surface area contributed by atoms with Gasteiger partial charge < -0.3 is 20.5 Å². The third kappa shape index (κ3) is 7.87. The normalized spacial score (nSPS) is 13.1. The molecule has 0 spiro atoms. The van der Waals surface area contributed by atoms with E-state index < -0.39 is 15.9 Å². The third-order valence-electron chi connectivity index (χ3n) is 3.64. The first kappa shape index (κ1) is 22.2. The van der Waals surface area contributed by atoms with Crippen molar-refractivity contribution in [3.8, 4) is 5.75 Å². The summed E-state index contributed by atoms with van der Waals surface area (Å²) in [5.41, 5.74) is 0. The van der Waals surface area contributed by atoms with E-state index >= 15 is 0 Å². The van der Waals surface area contributed by atoms with E-state index in [2.05, 4.69) is 15.6 Å². The van der Waals surface area contributed by atoms with E-state index in [0.717, 1.165) is 23.5 Å². The molecule has 3 N–H and O–H groups in total. The highest BCUT2D eigenvalue weighted by Gasteiger charge is 2.20. The minimum absolute atomic E-state index is 0.000450. The summed E-state index contributed by atoms with van der Waals surface area (Å²) in [6.45, 7) is 3.81. The molecule has 2 aromatic rings. The zero-order valence-electron chi connectivity index (χ0n) is 15.9. The molecule has 1 aromatic heterocycles. The summed E-state index contributed by atoms with van der Waals surface area (Å²) in [7, 11) is -3.49. The molecular formula is C19H27N3O4S2. The van der Waals surface area contributed by atoms with Crippen LogP contribution in [0.1, 0.15) is 13.3 Å². The summed E-state index contributed by atoms with van der Waals surface area (Å²) >= 11 is 1.15. The summed E-state index contributed by atoms with van der Waals surface area (Å²) in [6, 6.07) is 12.8. The van der Waals surface area contributed by atoms with Crippen molar-refractivity contribution in [2.24, 2.45) is 4.99 Å². The number of aliphatic hydroxyl groups is 1. The summed E-state index contributed by atoms with van der Waals surface area (Å²) < 4.78 is 30.3. The second-order valence-corrected chi connectivity index (χ2v) is 9.24. The van der Waals surface area contributed by atoms with E-state index in [1.807, 2.05) is 37.3 Å². The van der Waals surface area contributed by atoms with Crippen LogP contribution in [-0.4, -0.2) is 57.6 Å². The summed E-state index contributed by atoms with van der Waals surface area (Å²) in [5, 5.41) is 18.0. The lowest BCUT2D eigenvalue weighted by Gasteiger charge is -2.13. The van der Waals surface area contributed by atoms with Crippen molar-refractivity contribution in [2.75, 3.05) is 32.0 Å². The molecule has 0 saturated heterocycles. The number of guanidine groups is 1. The lowest BCUT2D eigenvalue weighted by atomic mass is 10.3. The molecule has 0 saturated carbocycles. The highest BCUT2D eigenvalue weighted by atomic mass is 32.2. The Kier molecular flexibility index (Phi) is 9.26. The van der Waals surface area contributed by atoms with Crippen molar-refractivity contribution in [3.05, 3.63) is 47.8 Å². The zero-order chi connectivity index (χ0) is 20.2. The highest BCUT2D eigenvalue weighted by molar-refractivity contribution is 7.93. The number of sulfone groups is 1. The van der Waals surface area contributed by atoms with E-state index in [9.17, 15) is 13.5 Å². The van der Waals surface area contributed by atoms with Crippen molar-refractivity contribution in [1.82, 2.24) is 10.6 Å². The van der Waals surface area contributed by atoms with Gasteiger partial charge in [0.1, 0.15) is 9.96 Å². The van der Waals surface area contributed by atoms with Crippen LogP contribution in [0.2, 0.25) is 0 Å². The minimum Gasteiger partial charge on any atom is -0.494 e. The molecule has 0 bridgehead atoms. The Bertz CT molecular complexity index is 809. The van der Waals surface area contributed by atoms with Crippen molar-refractivity contribution >= 4 is 27.1 Å². The predicted octanol–water partition coefficient (Wildman–Crippen LogP) is 1.91. The number of hydrogen-bond acceptors (Lipinski definition) is 6. The molecule has 28 heavy (non-hydrogen) atoms. The maximum absolute atomic E-state index is 12.2. The average molecular weight is 426 g/mol. The van der Waals surface area contributed by atoms with E-state index in [1.54, 1.807) is 17.5 Å². The Labute approximate surface area is 170 Å². The Hall–Kier alpha value is -2.10. The zero-order valence-corrected chi connectivity index (χ0v) is 17.5. The van der Waals surface area contributed by atoms with Crippen molar-refractivity contribution in [2.45, 2.75) is 23.7 Å². The van der Waals surface area contributed by atoms with Gasteiger partial charge in [-0.2, -0.15) is 0 Å². The fourth-order valence-electron chi connectivity index (χ4n) is 2.35. The number of hydrogen-bond donors (Lipinski definition) is 3. The molecule has 2 rings (SSSR count). The van der Waals surface area contributed by atoms with Gasteiger partial charge in [-0.25, -0.2) is 8.42 Å². The largest absolute Gasteiger partial charge is 0.494 e. The first-order valence-electron chi connectivity index (χ1n) is 9.15. The Morgan fingerprint density at radius 3 is 2.68 bits per heavy atom. The smallest absolute Gasteiger partial charge is 0.191 e. The van der Waals surface area contributed by atoms with Gasteiger partial charge in [-0.05, 0) is 36.9 Å². The lowest BCUT2D eigenvalue weighted by Crippen LogP contribution is -2.39. The van der Waals surface area contributed by atoms with Crippen molar-refractivity contribution < 1.29 is 18.3 Å². The molecule has 0 amide bonds. The van der Waals surface area contributed by atoms with Crippen molar-refractivity contribution in [1.29, 1.82) is 0 Å². The van der Waals surface area contributed by atoms with Crippen LogP contribution >= 0.6 is 11.3 Å². The third-order valence-corrected chi connectivity index (χ3v) is 6.93. The van der Waals surface area contributed by atoms with E-state index in [4.69, 9.17) is 4.74 Å². The van der Waals surface area contributed by atoms with Crippen LogP contribution in [0.3, 0.4) is 0 Å². The Balaban J connectivity index is 1.74. The van der Waals surface area contributed by atoms with Gasteiger partial charge in [0, 0.05) is 13.1 Å². The summed E-state index contributed by atoms with van der Waals surface area (Å²) in [5.74, 6) is 1.02.